The fourth-order valence-corrected chi connectivity index (χ4v) is 8.82. The zero-order valence-electron chi connectivity index (χ0n) is 20.3. The van der Waals surface area contributed by atoms with Crippen molar-refractivity contribution >= 4 is 33.0 Å². The molecule has 3 N–H and O–H groups in total. The zero-order chi connectivity index (χ0) is 27.3. The van der Waals surface area contributed by atoms with Gasteiger partial charge in [0.05, 0.1) is 20.8 Å². The van der Waals surface area contributed by atoms with Crippen molar-refractivity contribution in [1.82, 2.24) is 0 Å². The molecule has 2 saturated carbocycles. The highest BCUT2D eigenvalue weighted by Crippen LogP contribution is 2.54. The molecule has 6 atom stereocenters. The summed E-state index contributed by atoms with van der Waals surface area (Å²) in [7, 11) is -4.02. The van der Waals surface area contributed by atoms with E-state index in [1.165, 1.54) is 12.1 Å². The average Bonchev–Trinajstić information content (AvgIpc) is 3.14. The van der Waals surface area contributed by atoms with Gasteiger partial charge < -0.3 is 15.5 Å². The Morgan fingerprint density at radius 1 is 1.11 bits per heavy atom. The lowest BCUT2D eigenvalue weighted by Gasteiger charge is -2.45. The summed E-state index contributed by atoms with van der Waals surface area (Å²) in [5, 5.41) is 22.3. The second kappa shape index (κ2) is 10.2. The van der Waals surface area contributed by atoms with Crippen LogP contribution in [0.4, 0.5) is 18.9 Å². The van der Waals surface area contributed by atoms with Crippen LogP contribution in [0.3, 0.4) is 0 Å². The van der Waals surface area contributed by atoms with Crippen molar-refractivity contribution in [2.24, 2.45) is 23.7 Å². The molecule has 202 valence electrons. The Hall–Kier alpha value is -2.14. The van der Waals surface area contributed by atoms with E-state index in [2.05, 4.69) is 5.32 Å². The number of carbonyl (C=O) groups excluding carboxylic acids is 1. The lowest BCUT2D eigenvalue weighted by Crippen LogP contribution is -2.51. The van der Waals surface area contributed by atoms with E-state index in [1.807, 2.05) is 13.8 Å². The topological polar surface area (TPSA) is 104 Å². The Kier molecular flexibility index (Phi) is 7.69. The minimum absolute atomic E-state index is 0.0714. The van der Waals surface area contributed by atoms with Crippen molar-refractivity contribution in [2.75, 3.05) is 11.9 Å². The van der Waals surface area contributed by atoms with Gasteiger partial charge in [0, 0.05) is 30.0 Å². The normalized spacial score (nSPS) is 27.1. The third kappa shape index (κ3) is 5.13. The van der Waals surface area contributed by atoms with Crippen LogP contribution in [0, 0.1) is 41.1 Å². The Labute approximate surface area is 218 Å². The van der Waals surface area contributed by atoms with Gasteiger partial charge in [-0.1, -0.05) is 25.4 Å². The first-order chi connectivity index (χ1) is 17.3. The van der Waals surface area contributed by atoms with Gasteiger partial charge in [-0.15, -0.1) is 0 Å². The molecule has 2 aliphatic rings. The van der Waals surface area contributed by atoms with Gasteiger partial charge in [-0.25, -0.2) is 21.6 Å². The fraction of sp³-hybridized carbons (Fsp3) is 0.500. The minimum atomic E-state index is -4.02. The van der Waals surface area contributed by atoms with Crippen molar-refractivity contribution < 1.29 is 36.6 Å². The molecule has 0 radical (unpaired) electrons. The minimum Gasteiger partial charge on any atom is -0.396 e. The van der Waals surface area contributed by atoms with E-state index < -0.39 is 44.0 Å². The summed E-state index contributed by atoms with van der Waals surface area (Å²) >= 11 is 6.28. The lowest BCUT2D eigenvalue weighted by atomic mass is 9.68. The highest BCUT2D eigenvalue weighted by molar-refractivity contribution is 7.92. The molecule has 0 heterocycles. The second-order valence-electron chi connectivity index (χ2n) is 10.4. The molecule has 0 aliphatic heterocycles. The van der Waals surface area contributed by atoms with Gasteiger partial charge >= 0.3 is 0 Å². The molecular weight excluding hydrogens is 531 g/mol. The molecular formula is C26H29ClF3NO5S. The van der Waals surface area contributed by atoms with E-state index >= 15 is 0 Å². The van der Waals surface area contributed by atoms with Crippen LogP contribution in [0.15, 0.2) is 35.2 Å². The monoisotopic (exact) mass is 559 g/mol. The summed E-state index contributed by atoms with van der Waals surface area (Å²) in [4.78, 5) is 12.5. The number of amides is 1. The predicted molar refractivity (Wildman–Crippen MR) is 133 cm³/mol. The molecule has 2 fully saturated rings. The van der Waals surface area contributed by atoms with Crippen molar-refractivity contribution in [3.8, 4) is 0 Å². The third-order valence-electron chi connectivity index (χ3n) is 8.16. The molecule has 2 aromatic rings. The molecule has 6 nitrogen and oxygen atoms in total. The van der Waals surface area contributed by atoms with Crippen LogP contribution in [0.2, 0.25) is 5.02 Å². The SMILES string of the molecule is CC(CO)C(C)C1(O)CC2CC[C@@H](C1)C2S(=O)(=O)c1cc(C(=O)Nc2cc(F)c(F)c(F)c2)ccc1Cl. The molecule has 5 unspecified atom stereocenters. The van der Waals surface area contributed by atoms with Crippen LogP contribution >= 0.6 is 11.6 Å². The van der Waals surface area contributed by atoms with Crippen LogP contribution in [0.5, 0.6) is 0 Å². The van der Waals surface area contributed by atoms with Gasteiger partial charge in [-0.05, 0) is 67.6 Å². The quantitative estimate of drug-likeness (QED) is 0.416. The number of aliphatic hydroxyl groups is 2. The Morgan fingerprint density at radius 3 is 2.22 bits per heavy atom. The smallest absolute Gasteiger partial charge is 0.255 e. The first kappa shape index (κ1) is 27.9. The number of anilines is 1. The summed E-state index contributed by atoms with van der Waals surface area (Å²) in [5.41, 5.74) is -1.54. The fourth-order valence-electron chi connectivity index (χ4n) is 5.98. The summed E-state index contributed by atoms with van der Waals surface area (Å²) in [6, 6.07) is 4.90. The van der Waals surface area contributed by atoms with Crippen molar-refractivity contribution in [2.45, 2.75) is 55.3 Å². The zero-order valence-corrected chi connectivity index (χ0v) is 21.9. The number of halogens is 4. The van der Waals surface area contributed by atoms with Gasteiger partial charge in [0.15, 0.2) is 27.3 Å². The first-order valence-corrected chi connectivity index (χ1v) is 14.0. The van der Waals surface area contributed by atoms with Crippen LogP contribution in [0.1, 0.15) is 49.9 Å². The van der Waals surface area contributed by atoms with Gasteiger partial charge in [-0.3, -0.25) is 4.79 Å². The number of aliphatic hydroxyl groups excluding tert-OH is 1. The predicted octanol–water partition coefficient (Wildman–Crippen LogP) is 4.97. The summed E-state index contributed by atoms with van der Waals surface area (Å²) in [6.45, 7) is 3.63. The third-order valence-corrected chi connectivity index (χ3v) is 11.0. The van der Waals surface area contributed by atoms with E-state index in [0.29, 0.717) is 25.0 Å². The molecule has 2 aromatic carbocycles. The number of benzene rings is 2. The second-order valence-corrected chi connectivity index (χ2v) is 12.9. The largest absolute Gasteiger partial charge is 0.396 e. The van der Waals surface area contributed by atoms with Crippen molar-refractivity contribution in [1.29, 1.82) is 0 Å². The number of nitrogens with one attached hydrogen (secondary N) is 1. The molecule has 11 heteroatoms. The number of sulfone groups is 1. The molecule has 1 amide bonds. The molecule has 0 aromatic heterocycles. The lowest BCUT2D eigenvalue weighted by molar-refractivity contribution is -0.0839. The Balaban J connectivity index is 1.60. The van der Waals surface area contributed by atoms with E-state index in [4.69, 9.17) is 11.6 Å². The standard InChI is InChI=1S/C26H29ClF3NO5S/c1-13(12-32)14(2)26(34)10-16-3-4-17(11-26)24(16)37(35,36)22-7-15(5-6-19(22)27)25(33)31-18-8-20(28)23(30)21(29)9-18/h5-9,13-14,16-17,24,32,34H,3-4,10-12H2,1-2H3,(H,31,33)/t13?,14?,16-,17?,24?,26?/m0/s1. The Bertz CT molecular complexity index is 1280. The van der Waals surface area contributed by atoms with E-state index in [-0.39, 0.29) is 64.3 Å². The van der Waals surface area contributed by atoms with Crippen LogP contribution in [-0.4, -0.2) is 42.0 Å². The van der Waals surface area contributed by atoms with Gasteiger partial charge in [-0.2, -0.15) is 0 Å². The number of carbonyl (C=O) groups is 1. The summed E-state index contributed by atoms with van der Waals surface area (Å²) in [6.07, 6.45) is 1.80. The molecule has 37 heavy (non-hydrogen) atoms. The van der Waals surface area contributed by atoms with Gasteiger partial charge in [0.2, 0.25) is 0 Å². The number of rotatable bonds is 7. The van der Waals surface area contributed by atoms with E-state index in [1.54, 1.807) is 0 Å². The van der Waals surface area contributed by atoms with Crippen LogP contribution < -0.4 is 5.32 Å². The summed E-state index contributed by atoms with van der Waals surface area (Å²) in [5.74, 6) is -6.50. The molecule has 0 saturated heterocycles. The average molecular weight is 560 g/mol. The highest BCUT2D eigenvalue weighted by Gasteiger charge is 2.56. The Morgan fingerprint density at radius 2 is 1.68 bits per heavy atom. The molecule has 2 aliphatic carbocycles. The van der Waals surface area contributed by atoms with Crippen molar-refractivity contribution in [3.63, 3.8) is 0 Å². The molecule has 4 rings (SSSR count). The summed E-state index contributed by atoms with van der Waals surface area (Å²) < 4.78 is 67.9. The maximum Gasteiger partial charge on any atom is 0.255 e. The number of hydrogen-bond donors (Lipinski definition) is 3. The number of hydrogen-bond acceptors (Lipinski definition) is 5. The van der Waals surface area contributed by atoms with Crippen molar-refractivity contribution in [3.05, 3.63) is 58.4 Å². The highest BCUT2D eigenvalue weighted by atomic mass is 35.5. The first-order valence-electron chi connectivity index (χ1n) is 12.1. The van der Waals surface area contributed by atoms with E-state index in [9.17, 15) is 36.6 Å². The van der Waals surface area contributed by atoms with Crippen LogP contribution in [0.25, 0.3) is 0 Å². The van der Waals surface area contributed by atoms with Crippen LogP contribution in [-0.2, 0) is 9.84 Å². The maximum absolute atomic E-state index is 13.8. The van der Waals surface area contributed by atoms with E-state index in [0.717, 1.165) is 6.07 Å². The van der Waals surface area contributed by atoms with Gasteiger partial charge in [0.25, 0.3) is 5.91 Å². The molecule has 2 bridgehead atoms. The molecule has 0 spiro atoms. The maximum atomic E-state index is 13.8. The van der Waals surface area contributed by atoms with Gasteiger partial charge in [0.1, 0.15) is 0 Å². The number of fused-ring (bicyclic) bond motifs is 2.